The van der Waals surface area contributed by atoms with Crippen molar-refractivity contribution in [2.75, 3.05) is 25.0 Å². The zero-order valence-corrected chi connectivity index (χ0v) is 10.8. The highest BCUT2D eigenvalue weighted by atomic mass is 19.1. The van der Waals surface area contributed by atoms with Gasteiger partial charge >= 0.3 is 0 Å². The molecule has 1 saturated heterocycles. The van der Waals surface area contributed by atoms with Crippen molar-refractivity contribution < 1.29 is 4.39 Å². The molecule has 0 radical (unpaired) electrons. The van der Waals surface area contributed by atoms with Gasteiger partial charge in [-0.25, -0.2) is 4.39 Å². The van der Waals surface area contributed by atoms with Crippen LogP contribution in [0.4, 0.5) is 10.1 Å². The number of halogens is 1. The predicted octanol–water partition coefficient (Wildman–Crippen LogP) is 2.25. The zero-order chi connectivity index (χ0) is 13.1. The number of anilines is 1. The summed E-state index contributed by atoms with van der Waals surface area (Å²) in [5.41, 5.74) is 0.640. The van der Waals surface area contributed by atoms with Crippen LogP contribution in [0.3, 0.4) is 0 Å². The van der Waals surface area contributed by atoms with Crippen molar-refractivity contribution in [3.63, 3.8) is 0 Å². The molecule has 1 heterocycles. The molecule has 1 aliphatic rings. The third kappa shape index (κ3) is 2.46. The smallest absolute Gasteiger partial charge is 0.146 e. The molecule has 0 spiro atoms. The molecule has 0 amide bonds. The van der Waals surface area contributed by atoms with Crippen molar-refractivity contribution in [3.8, 4) is 6.07 Å². The van der Waals surface area contributed by atoms with Crippen LogP contribution in [0.2, 0.25) is 0 Å². The molecular formula is C14H18FN3. The highest BCUT2D eigenvalue weighted by molar-refractivity contribution is 5.49. The van der Waals surface area contributed by atoms with Crippen LogP contribution >= 0.6 is 0 Å². The van der Waals surface area contributed by atoms with Crippen LogP contribution in [-0.4, -0.2) is 37.1 Å². The molecule has 1 aromatic rings. The van der Waals surface area contributed by atoms with Gasteiger partial charge in [-0.1, -0.05) is 12.1 Å². The fraction of sp³-hybridized carbons (Fsp3) is 0.500. The predicted molar refractivity (Wildman–Crippen MR) is 69.9 cm³/mol. The second-order valence-corrected chi connectivity index (χ2v) is 4.91. The second kappa shape index (κ2) is 5.36. The Labute approximate surface area is 107 Å². The number of rotatable bonds is 2. The summed E-state index contributed by atoms with van der Waals surface area (Å²) in [5.74, 6) is -0.190. The number of likely N-dealkylation sites (N-methyl/N-ethyl adjacent to an activating group) is 1. The van der Waals surface area contributed by atoms with Gasteiger partial charge in [0, 0.05) is 25.2 Å². The maximum atomic E-state index is 13.8. The molecule has 2 unspecified atom stereocenters. The van der Waals surface area contributed by atoms with Crippen LogP contribution in [0.25, 0.3) is 0 Å². The molecule has 0 N–H and O–H groups in total. The van der Waals surface area contributed by atoms with Gasteiger partial charge in [0.25, 0.3) is 0 Å². The van der Waals surface area contributed by atoms with E-state index in [1.807, 2.05) is 13.1 Å². The summed E-state index contributed by atoms with van der Waals surface area (Å²) < 4.78 is 13.8. The van der Waals surface area contributed by atoms with E-state index < -0.39 is 0 Å². The lowest BCUT2D eigenvalue weighted by molar-refractivity contribution is 0.194. The summed E-state index contributed by atoms with van der Waals surface area (Å²) in [6.45, 7) is 3.64. The van der Waals surface area contributed by atoms with Crippen LogP contribution < -0.4 is 4.90 Å². The number of nitrogens with zero attached hydrogens (tertiary/aromatic N) is 3. The summed E-state index contributed by atoms with van der Waals surface area (Å²) in [5, 5.41) is 8.84. The Morgan fingerprint density at radius 1 is 1.39 bits per heavy atom. The van der Waals surface area contributed by atoms with E-state index in [1.165, 1.54) is 6.07 Å². The van der Waals surface area contributed by atoms with Gasteiger partial charge in [-0.15, -0.1) is 0 Å². The molecule has 18 heavy (non-hydrogen) atoms. The van der Waals surface area contributed by atoms with Crippen molar-refractivity contribution in [2.24, 2.45) is 0 Å². The number of para-hydroxylation sites is 1. The average molecular weight is 247 g/mol. The maximum Gasteiger partial charge on any atom is 0.146 e. The highest BCUT2D eigenvalue weighted by Gasteiger charge is 2.30. The van der Waals surface area contributed by atoms with E-state index in [4.69, 9.17) is 5.26 Å². The van der Waals surface area contributed by atoms with Crippen LogP contribution in [0.1, 0.15) is 13.3 Å². The molecule has 0 aromatic heterocycles. The number of benzene rings is 1. The van der Waals surface area contributed by atoms with Crippen molar-refractivity contribution in [2.45, 2.75) is 25.4 Å². The lowest BCUT2D eigenvalue weighted by atomic mass is 10.0. The SMILES string of the molecule is CC1CN(C)C(CC#N)CN1c1ccccc1F. The molecule has 0 bridgehead atoms. The average Bonchev–Trinajstić information content (AvgIpc) is 2.34. The Balaban J connectivity index is 2.22. The van der Waals surface area contributed by atoms with Crippen molar-refractivity contribution in [3.05, 3.63) is 30.1 Å². The summed E-state index contributed by atoms with van der Waals surface area (Å²) >= 11 is 0. The lowest BCUT2D eigenvalue weighted by Crippen LogP contribution is -2.56. The molecule has 2 rings (SSSR count). The first-order chi connectivity index (χ1) is 8.63. The van der Waals surface area contributed by atoms with Crippen LogP contribution in [0, 0.1) is 17.1 Å². The van der Waals surface area contributed by atoms with Crippen molar-refractivity contribution in [1.29, 1.82) is 5.26 Å². The fourth-order valence-corrected chi connectivity index (χ4v) is 2.56. The maximum absolute atomic E-state index is 13.8. The van der Waals surface area contributed by atoms with Gasteiger partial charge in [-0.2, -0.15) is 5.26 Å². The minimum absolute atomic E-state index is 0.172. The first-order valence-electron chi connectivity index (χ1n) is 6.22. The van der Waals surface area contributed by atoms with E-state index in [1.54, 1.807) is 12.1 Å². The minimum atomic E-state index is -0.190. The van der Waals surface area contributed by atoms with Crippen LogP contribution in [0.5, 0.6) is 0 Å². The van der Waals surface area contributed by atoms with Crippen LogP contribution in [0.15, 0.2) is 24.3 Å². The molecule has 0 aliphatic carbocycles. The first kappa shape index (κ1) is 12.8. The Morgan fingerprint density at radius 2 is 2.11 bits per heavy atom. The van der Waals surface area contributed by atoms with Crippen molar-refractivity contribution >= 4 is 5.69 Å². The van der Waals surface area contributed by atoms with Gasteiger partial charge in [-0.3, -0.25) is 4.90 Å². The lowest BCUT2D eigenvalue weighted by Gasteiger charge is -2.44. The fourth-order valence-electron chi connectivity index (χ4n) is 2.56. The molecule has 96 valence electrons. The summed E-state index contributed by atoms with van der Waals surface area (Å²) in [4.78, 5) is 4.25. The van der Waals surface area contributed by atoms with Gasteiger partial charge in [0.1, 0.15) is 5.82 Å². The Hall–Kier alpha value is -1.60. The molecule has 1 fully saturated rings. The largest absolute Gasteiger partial charge is 0.364 e. The highest BCUT2D eigenvalue weighted by Crippen LogP contribution is 2.25. The normalized spacial score (nSPS) is 24.9. The summed E-state index contributed by atoms with van der Waals surface area (Å²) in [6.07, 6.45) is 0.480. The molecule has 0 saturated carbocycles. The molecule has 3 nitrogen and oxygen atoms in total. The quantitative estimate of drug-likeness (QED) is 0.803. The van der Waals surface area contributed by atoms with E-state index in [0.29, 0.717) is 18.7 Å². The van der Waals surface area contributed by atoms with Gasteiger partial charge in [0.05, 0.1) is 18.2 Å². The third-order valence-electron chi connectivity index (χ3n) is 3.60. The van der Waals surface area contributed by atoms with E-state index in [0.717, 1.165) is 6.54 Å². The van der Waals surface area contributed by atoms with Gasteiger partial charge in [0.15, 0.2) is 0 Å². The number of piperazine rings is 1. The van der Waals surface area contributed by atoms with Gasteiger partial charge < -0.3 is 4.90 Å². The number of hydrogen-bond donors (Lipinski definition) is 0. The van der Waals surface area contributed by atoms with E-state index >= 15 is 0 Å². The monoisotopic (exact) mass is 247 g/mol. The van der Waals surface area contributed by atoms with Gasteiger partial charge in [0.2, 0.25) is 0 Å². The summed E-state index contributed by atoms with van der Waals surface area (Å²) in [6, 6.07) is 9.47. The summed E-state index contributed by atoms with van der Waals surface area (Å²) in [7, 11) is 2.02. The molecule has 1 aliphatic heterocycles. The third-order valence-corrected chi connectivity index (χ3v) is 3.60. The van der Waals surface area contributed by atoms with E-state index in [9.17, 15) is 4.39 Å². The standard InChI is InChI=1S/C14H18FN3/c1-11-9-17(2)12(7-8-16)10-18(11)14-6-4-3-5-13(14)15/h3-6,11-12H,7,9-10H2,1-2H3. The molecule has 2 atom stereocenters. The second-order valence-electron chi connectivity index (χ2n) is 4.91. The number of hydrogen-bond acceptors (Lipinski definition) is 3. The zero-order valence-electron chi connectivity index (χ0n) is 10.8. The topological polar surface area (TPSA) is 30.3 Å². The van der Waals surface area contributed by atoms with Crippen LogP contribution in [-0.2, 0) is 0 Å². The number of nitriles is 1. The Bertz CT molecular complexity index is 455. The molecular weight excluding hydrogens is 229 g/mol. The van der Waals surface area contributed by atoms with E-state index in [-0.39, 0.29) is 17.9 Å². The Morgan fingerprint density at radius 3 is 2.78 bits per heavy atom. The van der Waals surface area contributed by atoms with Gasteiger partial charge in [-0.05, 0) is 26.1 Å². The Kier molecular flexibility index (Phi) is 3.83. The molecule has 1 aromatic carbocycles. The minimum Gasteiger partial charge on any atom is -0.364 e. The van der Waals surface area contributed by atoms with E-state index in [2.05, 4.69) is 22.8 Å². The van der Waals surface area contributed by atoms with Crippen molar-refractivity contribution in [1.82, 2.24) is 4.90 Å². The molecule has 4 heteroatoms. The first-order valence-corrected chi connectivity index (χ1v) is 6.22.